The fourth-order valence-corrected chi connectivity index (χ4v) is 3.59. The molecule has 1 aromatic carbocycles. The fourth-order valence-electron chi connectivity index (χ4n) is 3.59. The summed E-state index contributed by atoms with van der Waals surface area (Å²) in [7, 11) is 0. The molecule has 0 saturated carbocycles. The first-order valence-electron chi connectivity index (χ1n) is 9.10. The molecule has 26 heavy (non-hydrogen) atoms. The molecule has 0 unspecified atom stereocenters. The monoisotopic (exact) mass is 350 g/mol. The van der Waals surface area contributed by atoms with Gasteiger partial charge in [0, 0.05) is 37.4 Å². The van der Waals surface area contributed by atoms with Gasteiger partial charge in [0.05, 0.1) is 5.56 Å². The van der Waals surface area contributed by atoms with E-state index in [2.05, 4.69) is 21.7 Å². The van der Waals surface area contributed by atoms with E-state index in [-0.39, 0.29) is 17.9 Å². The Morgan fingerprint density at radius 1 is 1.23 bits per heavy atom. The van der Waals surface area contributed by atoms with Gasteiger partial charge >= 0.3 is 0 Å². The molecule has 6 nitrogen and oxygen atoms in total. The molecular formula is C20H22N4O2. The average molecular weight is 350 g/mol. The van der Waals surface area contributed by atoms with Gasteiger partial charge in [-0.3, -0.25) is 9.59 Å². The number of carbonyl (C=O) groups is 2. The second-order valence-corrected chi connectivity index (χ2v) is 6.81. The summed E-state index contributed by atoms with van der Waals surface area (Å²) in [5.41, 5.74) is 2.78. The molecule has 0 bridgehead atoms. The van der Waals surface area contributed by atoms with Crippen LogP contribution in [0.1, 0.15) is 35.2 Å². The number of nitrogens with one attached hydrogen (secondary N) is 2. The van der Waals surface area contributed by atoms with Gasteiger partial charge in [0.25, 0.3) is 5.91 Å². The molecule has 2 aliphatic heterocycles. The zero-order valence-corrected chi connectivity index (χ0v) is 14.6. The van der Waals surface area contributed by atoms with E-state index in [1.54, 1.807) is 12.3 Å². The van der Waals surface area contributed by atoms with Crippen LogP contribution in [0.3, 0.4) is 0 Å². The number of piperidine rings is 1. The molecule has 6 heteroatoms. The number of nitrogens with zero attached hydrogens (tertiary/aromatic N) is 2. The summed E-state index contributed by atoms with van der Waals surface area (Å²) in [5, 5.41) is 6.21. The van der Waals surface area contributed by atoms with Gasteiger partial charge < -0.3 is 15.5 Å². The van der Waals surface area contributed by atoms with Crippen molar-refractivity contribution < 1.29 is 9.59 Å². The number of benzene rings is 1. The number of pyridine rings is 1. The van der Waals surface area contributed by atoms with E-state index in [1.165, 1.54) is 5.56 Å². The Morgan fingerprint density at radius 2 is 2.12 bits per heavy atom. The van der Waals surface area contributed by atoms with E-state index in [0.29, 0.717) is 30.9 Å². The summed E-state index contributed by atoms with van der Waals surface area (Å²) in [6, 6.07) is 11.8. The first-order chi connectivity index (χ1) is 12.7. The number of hydrogen-bond acceptors (Lipinski definition) is 4. The molecule has 2 amide bonds. The highest BCUT2D eigenvalue weighted by Gasteiger charge is 2.25. The van der Waals surface area contributed by atoms with E-state index in [4.69, 9.17) is 0 Å². The Hall–Kier alpha value is -2.89. The summed E-state index contributed by atoms with van der Waals surface area (Å²) < 4.78 is 0. The van der Waals surface area contributed by atoms with Crippen LogP contribution in [0.15, 0.2) is 42.6 Å². The topological polar surface area (TPSA) is 74.3 Å². The highest BCUT2D eigenvalue weighted by atomic mass is 16.2. The molecule has 4 rings (SSSR count). The third kappa shape index (κ3) is 3.40. The summed E-state index contributed by atoms with van der Waals surface area (Å²) >= 11 is 0. The van der Waals surface area contributed by atoms with Crippen LogP contribution >= 0.6 is 0 Å². The second-order valence-electron chi connectivity index (χ2n) is 6.81. The summed E-state index contributed by atoms with van der Waals surface area (Å²) in [6.07, 6.45) is 5.03. The Kier molecular flexibility index (Phi) is 4.56. The summed E-state index contributed by atoms with van der Waals surface area (Å²) in [5.74, 6) is 0.805. The molecule has 1 aromatic heterocycles. The predicted octanol–water partition coefficient (Wildman–Crippen LogP) is 2.37. The fraction of sp³-hybridized carbons (Fsp3) is 0.350. The first-order valence-corrected chi connectivity index (χ1v) is 9.10. The summed E-state index contributed by atoms with van der Waals surface area (Å²) in [6.45, 7) is 1.35. The van der Waals surface area contributed by atoms with Crippen LogP contribution in [0.4, 0.5) is 11.5 Å². The lowest BCUT2D eigenvalue weighted by Crippen LogP contribution is -2.42. The van der Waals surface area contributed by atoms with Crippen molar-refractivity contribution in [3.63, 3.8) is 0 Å². The SMILES string of the molecule is O=C1CCC[C@H](CNc2ccc(C(=O)N3CCc4ccccc43)cn2)N1. The standard InChI is InChI=1S/C20H22N4O2/c25-19-7-3-5-16(23-19)13-22-18-9-8-15(12-21-18)20(26)24-11-10-14-4-1-2-6-17(14)24/h1-2,4,6,8-9,12,16H,3,5,7,10-11,13H2,(H,21,22)(H,23,25)/t16-/m1/s1. The van der Waals surface area contributed by atoms with Crippen molar-refractivity contribution in [3.05, 3.63) is 53.7 Å². The smallest absolute Gasteiger partial charge is 0.259 e. The lowest BCUT2D eigenvalue weighted by atomic mass is 10.0. The van der Waals surface area contributed by atoms with Crippen LogP contribution in [-0.2, 0) is 11.2 Å². The lowest BCUT2D eigenvalue weighted by molar-refractivity contribution is -0.123. The number of para-hydroxylation sites is 1. The van der Waals surface area contributed by atoms with Crippen molar-refractivity contribution in [2.24, 2.45) is 0 Å². The van der Waals surface area contributed by atoms with Gasteiger partial charge in [-0.05, 0) is 43.0 Å². The molecule has 3 heterocycles. The van der Waals surface area contributed by atoms with Crippen LogP contribution in [0.25, 0.3) is 0 Å². The van der Waals surface area contributed by atoms with Gasteiger partial charge in [-0.2, -0.15) is 0 Å². The number of aromatic nitrogens is 1. The molecule has 134 valence electrons. The zero-order valence-electron chi connectivity index (χ0n) is 14.6. The number of anilines is 2. The van der Waals surface area contributed by atoms with Crippen molar-refractivity contribution in [2.75, 3.05) is 23.3 Å². The van der Waals surface area contributed by atoms with Crippen LogP contribution in [0.5, 0.6) is 0 Å². The first kappa shape index (κ1) is 16.6. The Balaban J connectivity index is 1.38. The maximum Gasteiger partial charge on any atom is 0.259 e. The van der Waals surface area contributed by atoms with Gasteiger partial charge in [0.1, 0.15) is 5.82 Å². The molecule has 2 N–H and O–H groups in total. The Bertz CT molecular complexity index is 819. The molecule has 0 spiro atoms. The van der Waals surface area contributed by atoms with Crippen molar-refractivity contribution in [3.8, 4) is 0 Å². The Morgan fingerprint density at radius 3 is 2.92 bits per heavy atom. The quantitative estimate of drug-likeness (QED) is 0.888. The maximum atomic E-state index is 12.8. The minimum absolute atomic E-state index is 0.0199. The Labute approximate surface area is 152 Å². The number of carbonyl (C=O) groups excluding carboxylic acids is 2. The molecule has 0 radical (unpaired) electrons. The maximum absolute atomic E-state index is 12.8. The highest BCUT2D eigenvalue weighted by Crippen LogP contribution is 2.28. The van der Waals surface area contributed by atoms with Gasteiger partial charge in [-0.25, -0.2) is 4.98 Å². The molecular weight excluding hydrogens is 328 g/mol. The highest BCUT2D eigenvalue weighted by molar-refractivity contribution is 6.07. The van der Waals surface area contributed by atoms with Crippen LogP contribution in [0.2, 0.25) is 0 Å². The van der Waals surface area contributed by atoms with E-state index in [0.717, 1.165) is 24.9 Å². The predicted molar refractivity (Wildman–Crippen MR) is 100 cm³/mol. The minimum Gasteiger partial charge on any atom is -0.368 e. The van der Waals surface area contributed by atoms with E-state index < -0.39 is 0 Å². The van der Waals surface area contributed by atoms with Crippen molar-refractivity contribution in [1.29, 1.82) is 0 Å². The molecule has 0 aliphatic carbocycles. The van der Waals surface area contributed by atoms with E-state index >= 15 is 0 Å². The number of hydrogen-bond donors (Lipinski definition) is 2. The van der Waals surface area contributed by atoms with Crippen LogP contribution in [-0.4, -0.2) is 35.9 Å². The largest absolute Gasteiger partial charge is 0.368 e. The van der Waals surface area contributed by atoms with Gasteiger partial charge in [-0.15, -0.1) is 0 Å². The van der Waals surface area contributed by atoms with Gasteiger partial charge in [0.2, 0.25) is 5.91 Å². The molecule has 1 atom stereocenters. The molecule has 2 aromatic rings. The average Bonchev–Trinajstić information content (AvgIpc) is 3.10. The van der Waals surface area contributed by atoms with Gasteiger partial charge in [-0.1, -0.05) is 18.2 Å². The molecule has 1 saturated heterocycles. The minimum atomic E-state index is -0.0199. The van der Waals surface area contributed by atoms with Crippen LogP contribution < -0.4 is 15.5 Å². The van der Waals surface area contributed by atoms with Crippen molar-refractivity contribution in [1.82, 2.24) is 10.3 Å². The third-order valence-electron chi connectivity index (χ3n) is 4.99. The molecule has 1 fully saturated rings. The van der Waals surface area contributed by atoms with E-state index in [9.17, 15) is 9.59 Å². The zero-order chi connectivity index (χ0) is 17.9. The van der Waals surface area contributed by atoms with Crippen molar-refractivity contribution >= 4 is 23.3 Å². The third-order valence-corrected chi connectivity index (χ3v) is 4.99. The summed E-state index contributed by atoms with van der Waals surface area (Å²) in [4.78, 5) is 30.4. The molecule has 2 aliphatic rings. The van der Waals surface area contributed by atoms with Crippen molar-refractivity contribution in [2.45, 2.75) is 31.7 Å². The number of rotatable bonds is 4. The van der Waals surface area contributed by atoms with Crippen LogP contribution in [0, 0.1) is 0 Å². The lowest BCUT2D eigenvalue weighted by Gasteiger charge is -2.23. The number of fused-ring (bicyclic) bond motifs is 1. The normalized spacial score (nSPS) is 19.0. The number of amides is 2. The van der Waals surface area contributed by atoms with Gasteiger partial charge in [0.15, 0.2) is 0 Å². The van der Waals surface area contributed by atoms with E-state index in [1.807, 2.05) is 29.2 Å². The second kappa shape index (κ2) is 7.15.